The van der Waals surface area contributed by atoms with E-state index < -0.39 is 6.10 Å². The molecule has 0 aromatic carbocycles. The highest BCUT2D eigenvalue weighted by Gasteiger charge is 2.19. The molecule has 0 saturated heterocycles. The molecule has 0 fully saturated rings. The molecule has 0 rings (SSSR count). The van der Waals surface area contributed by atoms with Crippen LogP contribution in [0, 0.1) is 0 Å². The van der Waals surface area contributed by atoms with Gasteiger partial charge in [0.15, 0.2) is 6.10 Å². The number of carbonyl (C=O) groups is 3. The smallest absolute Gasteiger partial charge is 0.306 e. The maximum atomic E-state index is 12.9. The van der Waals surface area contributed by atoms with Crippen molar-refractivity contribution >= 4 is 17.9 Å². The van der Waals surface area contributed by atoms with Crippen molar-refractivity contribution in [3.05, 3.63) is 72.9 Å². The first-order valence-electron chi connectivity index (χ1n) is 33.9. The second-order valence-corrected chi connectivity index (χ2v) is 22.7. The topological polar surface area (TPSA) is 78.9 Å². The van der Waals surface area contributed by atoms with Crippen LogP contribution in [0.5, 0.6) is 0 Å². The maximum absolute atomic E-state index is 12.9. The van der Waals surface area contributed by atoms with E-state index in [1.807, 2.05) is 0 Å². The fourth-order valence-electron chi connectivity index (χ4n) is 9.88. The fraction of sp³-hybridized carbons (Fsp3) is 0.792. The lowest BCUT2D eigenvalue weighted by Crippen LogP contribution is -2.30. The summed E-state index contributed by atoms with van der Waals surface area (Å²) in [6, 6.07) is 0. The predicted octanol–water partition coefficient (Wildman–Crippen LogP) is 23.3. The Labute approximate surface area is 484 Å². The summed E-state index contributed by atoms with van der Waals surface area (Å²) in [4.78, 5) is 38.4. The molecule has 0 amide bonds. The van der Waals surface area contributed by atoms with E-state index in [1.54, 1.807) is 0 Å². The third-order valence-corrected chi connectivity index (χ3v) is 14.9. The number of hydrogen-bond acceptors (Lipinski definition) is 6. The quantitative estimate of drug-likeness (QED) is 0.0261. The Balaban J connectivity index is 4.32. The minimum absolute atomic E-state index is 0.0829. The van der Waals surface area contributed by atoms with Gasteiger partial charge in [-0.05, 0) is 89.9 Å². The van der Waals surface area contributed by atoms with Crippen molar-refractivity contribution in [3.8, 4) is 0 Å². The minimum Gasteiger partial charge on any atom is -0.462 e. The Morgan fingerprint density at radius 2 is 0.500 bits per heavy atom. The van der Waals surface area contributed by atoms with Crippen LogP contribution in [0.15, 0.2) is 72.9 Å². The van der Waals surface area contributed by atoms with Crippen molar-refractivity contribution in [2.75, 3.05) is 13.2 Å². The van der Waals surface area contributed by atoms with Crippen molar-refractivity contribution in [3.63, 3.8) is 0 Å². The summed E-state index contributed by atoms with van der Waals surface area (Å²) in [5.74, 6) is -0.893. The standard InChI is InChI=1S/C72H128O6/c1-4-7-10-13-16-19-22-25-28-30-32-34-35-36-37-39-40-42-44-47-50-53-56-59-62-65-71(74)77-68-69(67-76-70(73)64-61-58-55-52-49-46-27-24-21-18-15-12-9-6-3)78-72(75)66-63-60-57-54-51-48-45-43-41-38-33-31-29-26-23-20-17-14-11-8-5-2/h8,11,17,20,24,26-27,29,33,38,43,45,69H,4-7,9-10,12-16,18-19,21-23,25,28,30-32,34-37,39-42,44,46-68H2,1-3H3/b11-8-,20-17-,27-24-,29-26-,38-33-,45-43-. The molecule has 0 saturated carbocycles. The second kappa shape index (κ2) is 66.4. The Hall–Kier alpha value is -3.15. The van der Waals surface area contributed by atoms with Crippen molar-refractivity contribution in [2.24, 2.45) is 0 Å². The third kappa shape index (κ3) is 63.7. The zero-order chi connectivity index (χ0) is 56.4. The van der Waals surface area contributed by atoms with Crippen LogP contribution in [0.3, 0.4) is 0 Å². The molecule has 0 spiro atoms. The van der Waals surface area contributed by atoms with E-state index >= 15 is 0 Å². The number of rotatable bonds is 62. The molecule has 0 heterocycles. The molecule has 0 aromatic heterocycles. The Morgan fingerprint density at radius 3 is 0.795 bits per heavy atom. The van der Waals surface area contributed by atoms with Gasteiger partial charge >= 0.3 is 17.9 Å². The van der Waals surface area contributed by atoms with E-state index in [-0.39, 0.29) is 31.1 Å². The van der Waals surface area contributed by atoms with Gasteiger partial charge < -0.3 is 14.2 Å². The summed E-state index contributed by atoms with van der Waals surface area (Å²) in [6.45, 7) is 6.55. The molecule has 0 radical (unpaired) electrons. The molecule has 6 heteroatoms. The lowest BCUT2D eigenvalue weighted by molar-refractivity contribution is -0.167. The molecule has 0 N–H and O–H groups in total. The van der Waals surface area contributed by atoms with Crippen molar-refractivity contribution in [1.82, 2.24) is 0 Å². The van der Waals surface area contributed by atoms with Gasteiger partial charge in [-0.1, -0.05) is 312 Å². The highest BCUT2D eigenvalue weighted by molar-refractivity contribution is 5.71. The first-order valence-corrected chi connectivity index (χ1v) is 33.9. The first kappa shape index (κ1) is 74.8. The lowest BCUT2D eigenvalue weighted by Gasteiger charge is -2.18. The predicted molar refractivity (Wildman–Crippen MR) is 339 cm³/mol. The van der Waals surface area contributed by atoms with E-state index in [9.17, 15) is 14.4 Å². The number of allylic oxidation sites excluding steroid dienone is 12. The molecule has 78 heavy (non-hydrogen) atoms. The monoisotopic (exact) mass is 1090 g/mol. The minimum atomic E-state index is -0.790. The molecular formula is C72H128O6. The summed E-state index contributed by atoms with van der Waals surface area (Å²) in [6.07, 6.45) is 86.4. The van der Waals surface area contributed by atoms with Crippen LogP contribution >= 0.6 is 0 Å². The van der Waals surface area contributed by atoms with E-state index in [1.165, 1.54) is 193 Å². The molecule has 1 atom stereocenters. The average Bonchev–Trinajstić information content (AvgIpc) is 3.44. The molecule has 0 aliphatic carbocycles. The van der Waals surface area contributed by atoms with E-state index in [2.05, 4.69) is 93.7 Å². The zero-order valence-electron chi connectivity index (χ0n) is 51.9. The molecule has 0 aromatic rings. The van der Waals surface area contributed by atoms with Gasteiger partial charge in [-0.2, -0.15) is 0 Å². The molecule has 1 unspecified atom stereocenters. The largest absolute Gasteiger partial charge is 0.462 e. The summed E-state index contributed by atoms with van der Waals surface area (Å²) >= 11 is 0. The Morgan fingerprint density at radius 1 is 0.269 bits per heavy atom. The van der Waals surface area contributed by atoms with E-state index in [0.717, 1.165) is 116 Å². The number of hydrogen-bond donors (Lipinski definition) is 0. The van der Waals surface area contributed by atoms with E-state index in [0.29, 0.717) is 19.3 Å². The molecule has 0 bridgehead atoms. The van der Waals surface area contributed by atoms with Gasteiger partial charge in [0.2, 0.25) is 0 Å². The lowest BCUT2D eigenvalue weighted by atomic mass is 10.0. The Kier molecular flexibility index (Phi) is 63.7. The second-order valence-electron chi connectivity index (χ2n) is 22.7. The first-order chi connectivity index (χ1) is 38.5. The summed E-state index contributed by atoms with van der Waals surface area (Å²) in [5, 5.41) is 0. The van der Waals surface area contributed by atoms with Crippen LogP contribution in [0.4, 0.5) is 0 Å². The molecular weight excluding hydrogens is 961 g/mol. The van der Waals surface area contributed by atoms with Gasteiger partial charge in [-0.25, -0.2) is 0 Å². The van der Waals surface area contributed by atoms with Crippen LogP contribution in [-0.4, -0.2) is 37.2 Å². The van der Waals surface area contributed by atoms with Crippen LogP contribution in [0.25, 0.3) is 0 Å². The fourth-order valence-corrected chi connectivity index (χ4v) is 9.88. The summed E-state index contributed by atoms with van der Waals surface area (Å²) < 4.78 is 16.9. The number of carbonyl (C=O) groups excluding carboxylic acids is 3. The highest BCUT2D eigenvalue weighted by Crippen LogP contribution is 2.18. The van der Waals surface area contributed by atoms with Crippen molar-refractivity contribution in [2.45, 2.75) is 354 Å². The van der Waals surface area contributed by atoms with Gasteiger partial charge in [-0.15, -0.1) is 0 Å². The molecule has 0 aliphatic heterocycles. The number of ether oxygens (including phenoxy) is 3. The highest BCUT2D eigenvalue weighted by atomic mass is 16.6. The number of esters is 3. The molecule has 6 nitrogen and oxygen atoms in total. The Bertz CT molecular complexity index is 1440. The van der Waals surface area contributed by atoms with Crippen LogP contribution < -0.4 is 0 Å². The normalized spacial score (nSPS) is 12.5. The molecule has 452 valence electrons. The van der Waals surface area contributed by atoms with Gasteiger partial charge in [0.1, 0.15) is 13.2 Å². The maximum Gasteiger partial charge on any atom is 0.306 e. The van der Waals surface area contributed by atoms with Gasteiger partial charge in [0, 0.05) is 19.3 Å². The average molecular weight is 1090 g/mol. The van der Waals surface area contributed by atoms with Crippen molar-refractivity contribution < 1.29 is 28.6 Å². The number of unbranched alkanes of at least 4 members (excludes halogenated alkanes) is 39. The van der Waals surface area contributed by atoms with Crippen molar-refractivity contribution in [1.29, 1.82) is 0 Å². The van der Waals surface area contributed by atoms with Gasteiger partial charge in [0.25, 0.3) is 0 Å². The van der Waals surface area contributed by atoms with Gasteiger partial charge in [-0.3, -0.25) is 14.4 Å². The summed E-state index contributed by atoms with van der Waals surface area (Å²) in [5.41, 5.74) is 0. The third-order valence-electron chi connectivity index (χ3n) is 14.9. The zero-order valence-corrected chi connectivity index (χ0v) is 51.9. The summed E-state index contributed by atoms with van der Waals surface area (Å²) in [7, 11) is 0. The SMILES string of the molecule is CC/C=C\C/C=C\C/C=C\C/C=C\C/C=C\CCCCCCCC(=O)OC(COC(=O)CCCCCCC/C=C\CCCCCCC)COC(=O)CCCCCCCCCCCCCCCCCCCCCCCCCCC. The molecule has 0 aliphatic rings. The van der Waals surface area contributed by atoms with Crippen LogP contribution in [0.1, 0.15) is 348 Å². The van der Waals surface area contributed by atoms with Gasteiger partial charge in [0.05, 0.1) is 0 Å². The van der Waals surface area contributed by atoms with Crippen LogP contribution in [-0.2, 0) is 28.6 Å². The van der Waals surface area contributed by atoms with E-state index in [4.69, 9.17) is 14.2 Å². The van der Waals surface area contributed by atoms with Crippen LogP contribution in [0.2, 0.25) is 0 Å².